The summed E-state index contributed by atoms with van der Waals surface area (Å²) in [5.41, 5.74) is 0.940. The number of likely N-dealkylation sites (tertiary alicyclic amines) is 1. The molecular formula is C18H22N4O2S. The fraction of sp³-hybridized carbons (Fsp3) is 0.500. The molecule has 2 aliphatic heterocycles. The molecule has 1 amide bonds. The molecule has 2 fully saturated rings. The number of ether oxygens (including phenoxy) is 1. The lowest BCUT2D eigenvalue weighted by atomic mass is 9.82. The van der Waals surface area contributed by atoms with Crippen LogP contribution in [0.3, 0.4) is 0 Å². The first-order valence-electron chi connectivity index (χ1n) is 8.63. The molecule has 1 spiro atoms. The molecule has 2 saturated heterocycles. The number of anilines is 1. The number of nitrogens with zero attached hydrogens (tertiary/aromatic N) is 3. The number of nitrogens with one attached hydrogen (secondary N) is 1. The van der Waals surface area contributed by atoms with Crippen LogP contribution in [0.5, 0.6) is 0 Å². The highest BCUT2D eigenvalue weighted by molar-refractivity contribution is 7.12. The van der Waals surface area contributed by atoms with Gasteiger partial charge >= 0.3 is 0 Å². The molecule has 0 aliphatic carbocycles. The van der Waals surface area contributed by atoms with Crippen molar-refractivity contribution in [1.82, 2.24) is 14.9 Å². The number of amides is 1. The highest BCUT2D eigenvalue weighted by Gasteiger charge is 2.48. The van der Waals surface area contributed by atoms with Crippen LogP contribution in [-0.2, 0) is 4.74 Å². The van der Waals surface area contributed by atoms with Crippen molar-refractivity contribution < 1.29 is 9.53 Å². The molecule has 25 heavy (non-hydrogen) atoms. The van der Waals surface area contributed by atoms with Gasteiger partial charge in [-0.3, -0.25) is 4.79 Å². The van der Waals surface area contributed by atoms with E-state index in [1.54, 1.807) is 18.5 Å². The van der Waals surface area contributed by atoms with Crippen LogP contribution in [0.2, 0.25) is 0 Å². The molecule has 0 radical (unpaired) electrons. The average molecular weight is 358 g/mol. The summed E-state index contributed by atoms with van der Waals surface area (Å²) < 4.78 is 6.16. The van der Waals surface area contributed by atoms with Crippen molar-refractivity contribution in [3.8, 4) is 0 Å². The predicted octanol–water partition coefficient (Wildman–Crippen LogP) is 2.58. The van der Waals surface area contributed by atoms with E-state index in [4.69, 9.17) is 4.74 Å². The Labute approximate surface area is 151 Å². The summed E-state index contributed by atoms with van der Waals surface area (Å²) in [6, 6.07) is 3.80. The lowest BCUT2D eigenvalue weighted by molar-refractivity contribution is -0.165. The number of rotatable bonds is 4. The second kappa shape index (κ2) is 6.72. The lowest BCUT2D eigenvalue weighted by Crippen LogP contribution is -2.66. The summed E-state index contributed by atoms with van der Waals surface area (Å²) in [6.45, 7) is 4.96. The topological polar surface area (TPSA) is 67.4 Å². The molecule has 0 saturated carbocycles. The van der Waals surface area contributed by atoms with Crippen LogP contribution in [0.15, 0.2) is 29.9 Å². The first kappa shape index (κ1) is 16.5. The molecule has 132 valence electrons. The van der Waals surface area contributed by atoms with E-state index in [1.165, 1.54) is 11.3 Å². The Hall–Kier alpha value is -1.99. The summed E-state index contributed by atoms with van der Waals surface area (Å²) in [4.78, 5) is 23.6. The largest absolute Gasteiger partial charge is 0.371 e. The van der Waals surface area contributed by atoms with Gasteiger partial charge in [0, 0.05) is 18.9 Å². The van der Waals surface area contributed by atoms with E-state index in [2.05, 4.69) is 15.3 Å². The number of aryl methyl sites for hydroxylation is 1. The summed E-state index contributed by atoms with van der Waals surface area (Å²) >= 11 is 1.52. The van der Waals surface area contributed by atoms with Gasteiger partial charge < -0.3 is 15.0 Å². The number of carbonyl (C=O) groups excluding carboxylic acids is 1. The normalized spacial score (nSPS) is 21.8. The van der Waals surface area contributed by atoms with Crippen LogP contribution in [0.1, 0.15) is 28.1 Å². The fourth-order valence-electron chi connectivity index (χ4n) is 3.48. The Morgan fingerprint density at radius 2 is 2.24 bits per heavy atom. The molecule has 0 bridgehead atoms. The molecule has 0 unspecified atom stereocenters. The Morgan fingerprint density at radius 3 is 2.88 bits per heavy atom. The molecule has 2 aliphatic rings. The van der Waals surface area contributed by atoms with Crippen molar-refractivity contribution in [2.24, 2.45) is 5.92 Å². The molecule has 1 atom stereocenters. The van der Waals surface area contributed by atoms with Crippen molar-refractivity contribution in [2.45, 2.75) is 25.4 Å². The molecule has 2 aromatic rings. The van der Waals surface area contributed by atoms with Gasteiger partial charge in [0.25, 0.3) is 5.91 Å². The molecule has 7 heteroatoms. The Bertz CT molecular complexity index is 733. The van der Waals surface area contributed by atoms with Crippen molar-refractivity contribution in [3.05, 3.63) is 40.3 Å². The molecule has 4 heterocycles. The fourth-order valence-corrected chi connectivity index (χ4v) is 4.37. The zero-order valence-electron chi connectivity index (χ0n) is 14.3. The minimum atomic E-state index is -0.124. The number of hydrogen-bond acceptors (Lipinski definition) is 6. The van der Waals surface area contributed by atoms with Gasteiger partial charge in [-0.25, -0.2) is 9.97 Å². The zero-order chi connectivity index (χ0) is 17.3. The first-order valence-corrected chi connectivity index (χ1v) is 9.51. The van der Waals surface area contributed by atoms with E-state index in [-0.39, 0.29) is 11.5 Å². The maximum Gasteiger partial charge on any atom is 0.264 e. The van der Waals surface area contributed by atoms with Crippen LogP contribution in [0.4, 0.5) is 5.95 Å². The van der Waals surface area contributed by atoms with Gasteiger partial charge in [0.1, 0.15) is 5.60 Å². The standard InChI is InChI=1S/C18H22N4O2S/c1-13-4-8-25-15(13)16(23)22-11-18(12-22)5-3-14(10-24-18)9-21-17-19-6-2-7-20-17/h2,4,6-8,14H,3,5,9-12H2,1H3,(H,19,20,21)/t14-/m1/s1. The van der Waals surface area contributed by atoms with Gasteiger partial charge in [-0.15, -0.1) is 11.3 Å². The van der Waals surface area contributed by atoms with Crippen molar-refractivity contribution in [3.63, 3.8) is 0 Å². The molecule has 2 aromatic heterocycles. The van der Waals surface area contributed by atoms with E-state index in [0.29, 0.717) is 25.0 Å². The lowest BCUT2D eigenvalue weighted by Gasteiger charge is -2.52. The Kier molecular flexibility index (Phi) is 4.43. The summed E-state index contributed by atoms with van der Waals surface area (Å²) in [5.74, 6) is 1.26. The summed E-state index contributed by atoms with van der Waals surface area (Å²) in [7, 11) is 0. The quantitative estimate of drug-likeness (QED) is 0.910. The molecular weight excluding hydrogens is 336 g/mol. The van der Waals surface area contributed by atoms with Crippen LogP contribution in [0.25, 0.3) is 0 Å². The van der Waals surface area contributed by atoms with E-state index in [1.807, 2.05) is 23.3 Å². The van der Waals surface area contributed by atoms with Crippen LogP contribution in [-0.4, -0.2) is 52.6 Å². The van der Waals surface area contributed by atoms with E-state index in [0.717, 1.165) is 36.4 Å². The third kappa shape index (κ3) is 3.39. The maximum atomic E-state index is 12.5. The maximum absolute atomic E-state index is 12.5. The second-order valence-electron chi connectivity index (χ2n) is 6.95. The van der Waals surface area contributed by atoms with Gasteiger partial charge in [0.15, 0.2) is 0 Å². The average Bonchev–Trinajstić information content (AvgIpc) is 3.05. The Balaban J connectivity index is 1.24. The molecule has 0 aromatic carbocycles. The van der Waals surface area contributed by atoms with Crippen molar-refractivity contribution in [2.75, 3.05) is 31.6 Å². The highest BCUT2D eigenvalue weighted by atomic mass is 32.1. The van der Waals surface area contributed by atoms with Crippen molar-refractivity contribution >= 4 is 23.2 Å². The number of carbonyl (C=O) groups is 1. The predicted molar refractivity (Wildman–Crippen MR) is 96.9 cm³/mol. The van der Waals surface area contributed by atoms with Crippen LogP contribution in [0, 0.1) is 12.8 Å². The number of aromatic nitrogens is 2. The van der Waals surface area contributed by atoms with Crippen molar-refractivity contribution in [1.29, 1.82) is 0 Å². The smallest absolute Gasteiger partial charge is 0.264 e. The highest BCUT2D eigenvalue weighted by Crippen LogP contribution is 2.37. The summed E-state index contributed by atoms with van der Waals surface area (Å²) in [6.07, 6.45) is 5.57. The second-order valence-corrected chi connectivity index (χ2v) is 7.86. The Morgan fingerprint density at radius 1 is 1.44 bits per heavy atom. The SMILES string of the molecule is Cc1ccsc1C(=O)N1CC2(CC[C@H](CNc3ncccn3)CO2)C1. The number of thiophene rings is 1. The van der Waals surface area contributed by atoms with Crippen LogP contribution >= 0.6 is 11.3 Å². The van der Waals surface area contributed by atoms with E-state index < -0.39 is 0 Å². The van der Waals surface area contributed by atoms with Crippen LogP contribution < -0.4 is 5.32 Å². The van der Waals surface area contributed by atoms with Gasteiger partial charge in [0.05, 0.1) is 24.6 Å². The molecule has 1 N–H and O–H groups in total. The zero-order valence-corrected chi connectivity index (χ0v) is 15.1. The van der Waals surface area contributed by atoms with E-state index >= 15 is 0 Å². The molecule has 4 rings (SSSR count). The molecule has 6 nitrogen and oxygen atoms in total. The monoisotopic (exact) mass is 358 g/mol. The summed E-state index contributed by atoms with van der Waals surface area (Å²) in [5, 5.41) is 5.24. The minimum Gasteiger partial charge on any atom is -0.371 e. The van der Waals surface area contributed by atoms with Gasteiger partial charge in [-0.2, -0.15) is 0 Å². The third-order valence-electron chi connectivity index (χ3n) is 5.05. The van der Waals surface area contributed by atoms with Gasteiger partial charge in [-0.05, 0) is 48.8 Å². The van der Waals surface area contributed by atoms with Gasteiger partial charge in [0.2, 0.25) is 5.95 Å². The first-order chi connectivity index (χ1) is 12.2. The van der Waals surface area contributed by atoms with E-state index in [9.17, 15) is 4.79 Å². The third-order valence-corrected chi connectivity index (χ3v) is 6.05. The minimum absolute atomic E-state index is 0.124. The number of hydrogen-bond donors (Lipinski definition) is 1. The van der Waals surface area contributed by atoms with Gasteiger partial charge in [-0.1, -0.05) is 0 Å².